The van der Waals surface area contributed by atoms with Crippen LogP contribution in [0.3, 0.4) is 0 Å². The predicted octanol–water partition coefficient (Wildman–Crippen LogP) is 2.05. The molecule has 0 aliphatic carbocycles. The first-order chi connectivity index (χ1) is 14.0. The number of amides is 2. The van der Waals surface area contributed by atoms with Crippen LogP contribution in [0.5, 0.6) is 0 Å². The van der Waals surface area contributed by atoms with Crippen LogP contribution in [0.2, 0.25) is 0 Å². The van der Waals surface area contributed by atoms with Gasteiger partial charge in [0.2, 0.25) is 5.82 Å². The van der Waals surface area contributed by atoms with Crippen molar-refractivity contribution in [1.29, 1.82) is 0 Å². The number of benzene rings is 2. The number of para-hydroxylation sites is 1. The minimum Gasteiger partial charge on any atom is -0.335 e. The molecule has 7 nitrogen and oxygen atoms in total. The number of fused-ring (bicyclic) bond motifs is 1. The molecule has 0 saturated heterocycles. The minimum absolute atomic E-state index is 0.0322. The van der Waals surface area contributed by atoms with E-state index in [1.807, 2.05) is 30.3 Å². The summed E-state index contributed by atoms with van der Waals surface area (Å²) in [6.45, 7) is 0. The monoisotopic (exact) mass is 393 g/mol. The van der Waals surface area contributed by atoms with Crippen molar-refractivity contribution in [2.45, 2.75) is 25.1 Å². The molecule has 0 radical (unpaired) electrons. The van der Waals surface area contributed by atoms with Gasteiger partial charge in [-0.05, 0) is 17.2 Å². The van der Waals surface area contributed by atoms with Gasteiger partial charge in [0.15, 0.2) is 0 Å². The van der Waals surface area contributed by atoms with Gasteiger partial charge in [-0.25, -0.2) is 9.37 Å². The Hall–Kier alpha value is -3.55. The van der Waals surface area contributed by atoms with Crippen LogP contribution in [0.4, 0.5) is 10.1 Å². The molecule has 0 saturated carbocycles. The fourth-order valence-electron chi connectivity index (χ4n) is 3.44. The predicted molar refractivity (Wildman–Crippen MR) is 105 cm³/mol. The van der Waals surface area contributed by atoms with E-state index >= 15 is 0 Å². The fourth-order valence-corrected chi connectivity index (χ4v) is 3.44. The van der Waals surface area contributed by atoms with Gasteiger partial charge in [-0.15, -0.1) is 5.10 Å². The summed E-state index contributed by atoms with van der Waals surface area (Å²) in [5, 5.41) is 9.10. The van der Waals surface area contributed by atoms with Gasteiger partial charge < -0.3 is 10.2 Å². The third-order valence-corrected chi connectivity index (χ3v) is 4.96. The number of H-pyrrole nitrogens is 1. The summed E-state index contributed by atoms with van der Waals surface area (Å²) in [6.07, 6.45) is -1.04. The van der Waals surface area contributed by atoms with E-state index in [2.05, 4.69) is 20.5 Å². The lowest BCUT2D eigenvalue weighted by Crippen LogP contribution is -2.52. The zero-order valence-corrected chi connectivity index (χ0v) is 15.8. The number of hydrogen-bond acceptors (Lipinski definition) is 4. The molecule has 0 spiro atoms. The zero-order valence-electron chi connectivity index (χ0n) is 15.8. The first-order valence-corrected chi connectivity index (χ1v) is 9.28. The Balaban J connectivity index is 1.49. The molecule has 0 fully saturated rings. The molecule has 8 heteroatoms. The highest BCUT2D eigenvalue weighted by molar-refractivity contribution is 6.02. The summed E-state index contributed by atoms with van der Waals surface area (Å²) in [5.41, 5.74) is 2.37. The maximum absolute atomic E-state index is 14.9. The average molecular weight is 393 g/mol. The number of anilines is 1. The van der Waals surface area contributed by atoms with Crippen LogP contribution in [0.25, 0.3) is 0 Å². The molecule has 1 aliphatic rings. The SMILES string of the molecule is CN1C(=O)[C@H](NC(=O)c2n[nH]c(Cc3ccccc3)n2)[C@H](F)Cc2ccccc21. The van der Waals surface area contributed by atoms with Gasteiger partial charge in [-0.2, -0.15) is 0 Å². The number of likely N-dealkylation sites (N-methyl/N-ethyl adjacent to an activating group) is 1. The van der Waals surface area contributed by atoms with Gasteiger partial charge in [0.1, 0.15) is 18.0 Å². The summed E-state index contributed by atoms with van der Waals surface area (Å²) in [7, 11) is 1.57. The van der Waals surface area contributed by atoms with E-state index in [1.54, 1.807) is 31.3 Å². The summed E-state index contributed by atoms with van der Waals surface area (Å²) in [6, 6.07) is 15.4. The summed E-state index contributed by atoms with van der Waals surface area (Å²) < 4.78 is 14.9. The van der Waals surface area contributed by atoms with E-state index in [9.17, 15) is 14.0 Å². The first kappa shape index (κ1) is 18.8. The highest BCUT2D eigenvalue weighted by atomic mass is 19.1. The summed E-state index contributed by atoms with van der Waals surface area (Å²) in [5.74, 6) is -0.827. The number of aromatic nitrogens is 3. The van der Waals surface area contributed by atoms with E-state index in [1.165, 1.54) is 4.90 Å². The lowest BCUT2D eigenvalue weighted by molar-refractivity contribution is -0.121. The summed E-state index contributed by atoms with van der Waals surface area (Å²) >= 11 is 0. The van der Waals surface area contributed by atoms with Crippen molar-refractivity contribution in [1.82, 2.24) is 20.5 Å². The molecule has 2 heterocycles. The lowest BCUT2D eigenvalue weighted by atomic mass is 10.0. The van der Waals surface area contributed by atoms with Gasteiger partial charge in [-0.3, -0.25) is 14.7 Å². The maximum Gasteiger partial charge on any atom is 0.291 e. The normalized spacial score (nSPS) is 18.8. The van der Waals surface area contributed by atoms with Crippen LogP contribution in [-0.2, 0) is 17.6 Å². The highest BCUT2D eigenvalue weighted by Gasteiger charge is 2.37. The number of nitrogens with one attached hydrogen (secondary N) is 2. The van der Waals surface area contributed by atoms with E-state index in [4.69, 9.17) is 0 Å². The van der Waals surface area contributed by atoms with Gasteiger partial charge in [0, 0.05) is 25.6 Å². The van der Waals surface area contributed by atoms with E-state index < -0.39 is 24.0 Å². The van der Waals surface area contributed by atoms with Crippen molar-refractivity contribution in [2.75, 3.05) is 11.9 Å². The zero-order chi connectivity index (χ0) is 20.4. The molecule has 2 aromatic carbocycles. The standard InChI is InChI=1S/C21H20FN5O2/c1-27-16-10-6-5-9-14(16)12-15(22)18(21(27)29)24-20(28)19-23-17(25-26-19)11-13-7-3-2-4-8-13/h2-10,15,18H,11-12H2,1H3,(H,24,28)(H,23,25,26)/t15-,18-/m1/s1. The quantitative estimate of drug-likeness (QED) is 0.710. The van der Waals surface area contributed by atoms with E-state index in [-0.39, 0.29) is 12.2 Å². The van der Waals surface area contributed by atoms with Crippen molar-refractivity contribution >= 4 is 17.5 Å². The van der Waals surface area contributed by atoms with Gasteiger partial charge in [0.25, 0.3) is 11.8 Å². The Labute approximate surface area is 167 Å². The second-order valence-corrected chi connectivity index (χ2v) is 6.97. The number of carbonyl (C=O) groups is 2. The molecule has 1 aliphatic heterocycles. The number of carbonyl (C=O) groups excluding carboxylic acids is 2. The van der Waals surface area contributed by atoms with Crippen LogP contribution in [0.1, 0.15) is 27.6 Å². The number of hydrogen-bond donors (Lipinski definition) is 2. The second kappa shape index (κ2) is 7.83. The molecule has 148 valence electrons. The van der Waals surface area contributed by atoms with Crippen molar-refractivity contribution in [3.63, 3.8) is 0 Å². The molecule has 0 bridgehead atoms. The fraction of sp³-hybridized carbons (Fsp3) is 0.238. The highest BCUT2D eigenvalue weighted by Crippen LogP contribution is 2.27. The summed E-state index contributed by atoms with van der Waals surface area (Å²) in [4.78, 5) is 30.9. The maximum atomic E-state index is 14.9. The lowest BCUT2D eigenvalue weighted by Gasteiger charge is -2.22. The number of alkyl halides is 1. The average Bonchev–Trinajstić information content (AvgIpc) is 3.17. The smallest absolute Gasteiger partial charge is 0.291 e. The van der Waals surface area contributed by atoms with Crippen LogP contribution in [0, 0.1) is 0 Å². The molecule has 0 unspecified atom stereocenters. The number of aromatic amines is 1. The molecule has 2 amide bonds. The van der Waals surface area contributed by atoms with Crippen molar-refractivity contribution in [3.05, 3.63) is 77.4 Å². The molecular weight excluding hydrogens is 373 g/mol. The Morgan fingerprint density at radius 2 is 1.93 bits per heavy atom. The Morgan fingerprint density at radius 1 is 1.21 bits per heavy atom. The molecular formula is C21H20FN5O2. The van der Waals surface area contributed by atoms with Crippen LogP contribution in [0.15, 0.2) is 54.6 Å². The molecule has 1 aromatic heterocycles. The number of halogens is 1. The topological polar surface area (TPSA) is 91.0 Å². The van der Waals surface area contributed by atoms with Crippen LogP contribution >= 0.6 is 0 Å². The van der Waals surface area contributed by atoms with Crippen molar-refractivity contribution in [3.8, 4) is 0 Å². The van der Waals surface area contributed by atoms with Gasteiger partial charge >= 0.3 is 0 Å². The Morgan fingerprint density at radius 3 is 2.72 bits per heavy atom. The van der Waals surface area contributed by atoms with Crippen molar-refractivity contribution in [2.24, 2.45) is 0 Å². The van der Waals surface area contributed by atoms with E-state index in [0.717, 1.165) is 11.1 Å². The molecule has 4 rings (SSSR count). The van der Waals surface area contributed by atoms with Crippen molar-refractivity contribution < 1.29 is 14.0 Å². The Bertz CT molecular complexity index is 1040. The third kappa shape index (κ3) is 3.87. The van der Waals surface area contributed by atoms with E-state index in [0.29, 0.717) is 17.9 Å². The largest absolute Gasteiger partial charge is 0.335 e. The Kier molecular flexibility index (Phi) is 5.07. The molecule has 2 N–H and O–H groups in total. The van der Waals surface area contributed by atoms with Crippen LogP contribution < -0.4 is 10.2 Å². The third-order valence-electron chi connectivity index (χ3n) is 4.96. The van der Waals surface area contributed by atoms with Gasteiger partial charge in [-0.1, -0.05) is 48.5 Å². The molecule has 3 aromatic rings. The molecule has 29 heavy (non-hydrogen) atoms. The molecule has 2 atom stereocenters. The van der Waals surface area contributed by atoms with Crippen LogP contribution in [-0.4, -0.2) is 46.3 Å². The van der Waals surface area contributed by atoms with Gasteiger partial charge in [0.05, 0.1) is 0 Å². The number of nitrogens with zero attached hydrogens (tertiary/aromatic N) is 3. The number of rotatable bonds is 4. The minimum atomic E-state index is -1.56. The second-order valence-electron chi connectivity index (χ2n) is 6.97. The first-order valence-electron chi connectivity index (χ1n) is 9.28.